The average Bonchev–Trinajstić information content (AvgIpc) is 3.28. The highest BCUT2D eigenvalue weighted by Gasteiger charge is 2.47. The summed E-state index contributed by atoms with van der Waals surface area (Å²) in [6.45, 7) is 0. The quantitative estimate of drug-likeness (QED) is 0.848. The monoisotopic (exact) mass is 252 g/mol. The third kappa shape index (κ3) is 2.45. The molecule has 1 aliphatic carbocycles. The fraction of sp³-hybridized carbons (Fsp3) is 0.235. The Bertz CT molecular complexity index is 562. The van der Waals surface area contributed by atoms with Crippen LogP contribution in [0.2, 0.25) is 0 Å². The first-order valence-corrected chi connectivity index (χ1v) is 6.59. The highest BCUT2D eigenvalue weighted by molar-refractivity contribution is 5.99. The van der Waals surface area contributed by atoms with Crippen LogP contribution >= 0.6 is 0 Å². The van der Waals surface area contributed by atoms with Crippen molar-refractivity contribution in [3.05, 3.63) is 71.8 Å². The van der Waals surface area contributed by atoms with E-state index in [0.29, 0.717) is 0 Å². The normalized spacial score (nSPS) is 22.8. The van der Waals surface area contributed by atoms with Crippen LogP contribution in [-0.4, -0.2) is 10.9 Å². The number of hydrogen-bond acceptors (Lipinski definition) is 2. The van der Waals surface area contributed by atoms with Crippen molar-refractivity contribution in [1.29, 1.82) is 0 Å². The predicted molar refractivity (Wildman–Crippen MR) is 73.8 cm³/mol. The number of rotatable bonds is 4. The summed E-state index contributed by atoms with van der Waals surface area (Å²) in [4.78, 5) is 12.2. The predicted octanol–water partition coefficient (Wildman–Crippen LogP) is 3.24. The van der Waals surface area contributed by atoms with Gasteiger partial charge in [-0.3, -0.25) is 4.79 Å². The Morgan fingerprint density at radius 2 is 1.58 bits per heavy atom. The SMILES string of the molecule is O=C(c1ccccc1)[C@@H]1C[C@H]1[C@@H](O)c1ccccc1. The van der Waals surface area contributed by atoms with E-state index in [1.807, 2.05) is 60.7 Å². The minimum absolute atomic E-state index is 0.0300. The van der Waals surface area contributed by atoms with E-state index in [2.05, 4.69) is 0 Å². The molecule has 0 amide bonds. The van der Waals surface area contributed by atoms with Crippen LogP contribution in [0.3, 0.4) is 0 Å². The van der Waals surface area contributed by atoms with Gasteiger partial charge in [0.1, 0.15) is 0 Å². The van der Waals surface area contributed by atoms with Gasteiger partial charge in [-0.15, -0.1) is 0 Å². The van der Waals surface area contributed by atoms with Crippen molar-refractivity contribution in [1.82, 2.24) is 0 Å². The van der Waals surface area contributed by atoms with E-state index in [4.69, 9.17) is 0 Å². The molecule has 0 spiro atoms. The third-order valence-corrected chi connectivity index (χ3v) is 3.78. The molecule has 2 aromatic rings. The van der Waals surface area contributed by atoms with Crippen molar-refractivity contribution in [3.8, 4) is 0 Å². The minimum atomic E-state index is -0.529. The van der Waals surface area contributed by atoms with Gasteiger partial charge in [-0.1, -0.05) is 60.7 Å². The maximum atomic E-state index is 12.2. The van der Waals surface area contributed by atoms with E-state index >= 15 is 0 Å². The molecule has 3 atom stereocenters. The van der Waals surface area contributed by atoms with E-state index < -0.39 is 6.10 Å². The number of hydrogen-bond donors (Lipinski definition) is 1. The Kier molecular flexibility index (Phi) is 3.18. The van der Waals surface area contributed by atoms with Gasteiger partial charge in [-0.2, -0.15) is 0 Å². The maximum Gasteiger partial charge on any atom is 0.166 e. The number of carbonyl (C=O) groups is 1. The van der Waals surface area contributed by atoms with Crippen LogP contribution in [-0.2, 0) is 0 Å². The number of benzene rings is 2. The Balaban J connectivity index is 1.70. The van der Waals surface area contributed by atoms with E-state index in [9.17, 15) is 9.90 Å². The van der Waals surface area contributed by atoms with Crippen LogP contribution in [0.1, 0.15) is 28.4 Å². The molecule has 19 heavy (non-hydrogen) atoms. The smallest absolute Gasteiger partial charge is 0.166 e. The molecule has 0 heterocycles. The summed E-state index contributed by atoms with van der Waals surface area (Å²) in [5, 5.41) is 10.3. The maximum absolute atomic E-state index is 12.2. The van der Waals surface area contributed by atoms with Gasteiger partial charge in [0.05, 0.1) is 6.10 Å². The molecule has 0 radical (unpaired) electrons. The first-order valence-electron chi connectivity index (χ1n) is 6.59. The Morgan fingerprint density at radius 3 is 2.21 bits per heavy atom. The molecule has 96 valence electrons. The highest BCUT2D eigenvalue weighted by Crippen LogP contribution is 2.48. The van der Waals surface area contributed by atoms with Gasteiger partial charge in [-0.25, -0.2) is 0 Å². The van der Waals surface area contributed by atoms with Crippen LogP contribution in [0.15, 0.2) is 60.7 Å². The van der Waals surface area contributed by atoms with Crippen molar-refractivity contribution in [3.63, 3.8) is 0 Å². The standard InChI is InChI=1S/C17H16O2/c18-16(12-7-3-1-4-8-12)14-11-15(14)17(19)13-9-5-2-6-10-13/h1-10,14-16,18H,11H2/t14-,15-,16+/m1/s1. The zero-order chi connectivity index (χ0) is 13.2. The zero-order valence-electron chi connectivity index (χ0n) is 10.6. The molecule has 2 heteroatoms. The molecule has 0 bridgehead atoms. The van der Waals surface area contributed by atoms with Crippen molar-refractivity contribution in [2.45, 2.75) is 12.5 Å². The summed E-state index contributed by atoms with van der Waals surface area (Å²) in [6, 6.07) is 18.9. The molecule has 0 unspecified atom stereocenters. The molecule has 1 fully saturated rings. The number of Topliss-reactive ketones (excluding diaryl/α,β-unsaturated/α-hetero) is 1. The molecule has 1 aliphatic rings. The molecule has 3 rings (SSSR count). The lowest BCUT2D eigenvalue weighted by Crippen LogP contribution is -2.08. The van der Waals surface area contributed by atoms with Crippen LogP contribution in [0.5, 0.6) is 0 Å². The van der Waals surface area contributed by atoms with Gasteiger partial charge >= 0.3 is 0 Å². The fourth-order valence-electron chi connectivity index (χ4n) is 2.58. The van der Waals surface area contributed by atoms with E-state index in [1.165, 1.54) is 0 Å². The van der Waals surface area contributed by atoms with Crippen molar-refractivity contribution in [2.24, 2.45) is 11.8 Å². The van der Waals surface area contributed by atoms with Gasteiger partial charge in [-0.05, 0) is 17.9 Å². The second-order valence-electron chi connectivity index (χ2n) is 5.09. The largest absolute Gasteiger partial charge is 0.388 e. The average molecular weight is 252 g/mol. The van der Waals surface area contributed by atoms with E-state index in [1.54, 1.807) is 0 Å². The first kappa shape index (κ1) is 12.1. The number of aliphatic hydroxyl groups excluding tert-OH is 1. The topological polar surface area (TPSA) is 37.3 Å². The van der Waals surface area contributed by atoms with E-state index in [0.717, 1.165) is 17.5 Å². The molecular formula is C17H16O2. The Morgan fingerprint density at radius 1 is 1.00 bits per heavy atom. The molecule has 0 aromatic heterocycles. The van der Waals surface area contributed by atoms with Crippen LogP contribution in [0.25, 0.3) is 0 Å². The fourth-order valence-corrected chi connectivity index (χ4v) is 2.58. The van der Waals surface area contributed by atoms with Crippen molar-refractivity contribution >= 4 is 5.78 Å². The summed E-state index contributed by atoms with van der Waals surface area (Å²) < 4.78 is 0. The lowest BCUT2D eigenvalue weighted by atomic mass is 10.0. The minimum Gasteiger partial charge on any atom is -0.388 e. The van der Waals surface area contributed by atoms with Gasteiger partial charge < -0.3 is 5.11 Å². The molecule has 1 saturated carbocycles. The molecule has 0 aliphatic heterocycles. The summed E-state index contributed by atoms with van der Waals surface area (Å²) >= 11 is 0. The molecular weight excluding hydrogens is 236 g/mol. The van der Waals surface area contributed by atoms with Crippen molar-refractivity contribution < 1.29 is 9.90 Å². The van der Waals surface area contributed by atoms with Crippen LogP contribution < -0.4 is 0 Å². The molecule has 1 N–H and O–H groups in total. The summed E-state index contributed by atoms with van der Waals surface area (Å²) in [7, 11) is 0. The summed E-state index contributed by atoms with van der Waals surface area (Å²) in [5.41, 5.74) is 1.64. The zero-order valence-corrected chi connectivity index (χ0v) is 10.6. The second kappa shape index (κ2) is 4.98. The lowest BCUT2D eigenvalue weighted by Gasteiger charge is -2.10. The molecule has 0 saturated heterocycles. The number of aliphatic hydroxyl groups is 1. The number of ketones is 1. The van der Waals surface area contributed by atoms with Gasteiger partial charge in [0.15, 0.2) is 5.78 Å². The summed E-state index contributed by atoms with van der Waals surface area (Å²) in [6.07, 6.45) is 0.253. The van der Waals surface area contributed by atoms with Gasteiger partial charge in [0, 0.05) is 11.5 Å². The number of carbonyl (C=O) groups excluding carboxylic acids is 1. The van der Waals surface area contributed by atoms with Gasteiger partial charge in [0.2, 0.25) is 0 Å². The van der Waals surface area contributed by atoms with Crippen molar-refractivity contribution in [2.75, 3.05) is 0 Å². The lowest BCUT2D eigenvalue weighted by molar-refractivity contribution is 0.0922. The third-order valence-electron chi connectivity index (χ3n) is 3.78. The molecule has 2 aromatic carbocycles. The summed E-state index contributed by atoms with van der Waals surface area (Å²) in [5.74, 6) is 0.188. The molecule has 2 nitrogen and oxygen atoms in total. The van der Waals surface area contributed by atoms with Crippen LogP contribution in [0.4, 0.5) is 0 Å². The van der Waals surface area contributed by atoms with Crippen LogP contribution in [0, 0.1) is 11.8 Å². The van der Waals surface area contributed by atoms with Gasteiger partial charge in [0.25, 0.3) is 0 Å². The Hall–Kier alpha value is -1.93. The highest BCUT2D eigenvalue weighted by atomic mass is 16.3. The first-order chi connectivity index (χ1) is 9.27. The Labute approximate surface area is 112 Å². The second-order valence-corrected chi connectivity index (χ2v) is 5.09. The van der Waals surface area contributed by atoms with E-state index in [-0.39, 0.29) is 17.6 Å².